The maximum absolute atomic E-state index is 2.33. The molecule has 0 saturated heterocycles. The first-order valence-corrected chi connectivity index (χ1v) is 3.69. The molecule has 0 heterocycles. The summed E-state index contributed by atoms with van der Waals surface area (Å²) in [5, 5.41) is 0. The summed E-state index contributed by atoms with van der Waals surface area (Å²) >= 11 is 0. The van der Waals surface area contributed by atoms with Crippen LogP contribution in [0.4, 0.5) is 0 Å². The number of allylic oxidation sites excluding steroid dienone is 4. The minimum absolute atomic E-state index is 1.19. The predicted molar refractivity (Wildman–Crippen MR) is 41.4 cm³/mol. The highest BCUT2D eigenvalue weighted by molar-refractivity contribution is 5.31. The Morgan fingerprint density at radius 1 is 1.56 bits per heavy atom. The Balaban J connectivity index is 2.43. The number of hydrogen-bond acceptors (Lipinski definition) is 0. The molecule has 0 amide bonds. The molecular formula is C9H14. The molecule has 0 N–H and O–H groups in total. The number of rotatable bonds is 2. The molecular weight excluding hydrogens is 108 g/mol. The Labute approximate surface area is 57.3 Å². The van der Waals surface area contributed by atoms with Gasteiger partial charge in [-0.25, -0.2) is 0 Å². The monoisotopic (exact) mass is 122 g/mol. The fraction of sp³-hybridized carbons (Fsp3) is 0.556. The molecule has 0 aromatic rings. The van der Waals surface area contributed by atoms with Crippen molar-refractivity contribution in [2.24, 2.45) is 0 Å². The van der Waals surface area contributed by atoms with Crippen LogP contribution >= 0.6 is 0 Å². The molecule has 0 nitrogen and oxygen atoms in total. The molecule has 0 spiro atoms. The first-order valence-electron chi connectivity index (χ1n) is 3.69. The van der Waals surface area contributed by atoms with Gasteiger partial charge < -0.3 is 0 Å². The zero-order valence-corrected chi connectivity index (χ0v) is 6.28. The van der Waals surface area contributed by atoms with Crippen molar-refractivity contribution >= 4 is 0 Å². The van der Waals surface area contributed by atoms with Gasteiger partial charge in [-0.2, -0.15) is 0 Å². The zero-order valence-electron chi connectivity index (χ0n) is 6.28. The summed E-state index contributed by atoms with van der Waals surface area (Å²) in [5.41, 5.74) is 3.05. The van der Waals surface area contributed by atoms with Crippen molar-refractivity contribution in [3.63, 3.8) is 0 Å². The van der Waals surface area contributed by atoms with Gasteiger partial charge in [0.25, 0.3) is 0 Å². The molecule has 0 aromatic carbocycles. The third kappa shape index (κ3) is 1.70. The van der Waals surface area contributed by atoms with Crippen LogP contribution in [0.1, 0.15) is 33.1 Å². The first kappa shape index (κ1) is 6.60. The van der Waals surface area contributed by atoms with E-state index >= 15 is 0 Å². The van der Waals surface area contributed by atoms with E-state index in [0.29, 0.717) is 0 Å². The lowest BCUT2D eigenvalue weighted by Gasteiger charge is -1.91. The lowest BCUT2D eigenvalue weighted by molar-refractivity contribution is 0.927. The molecule has 0 heteroatoms. The zero-order chi connectivity index (χ0) is 6.69. The number of hydrogen-bond donors (Lipinski definition) is 0. The van der Waals surface area contributed by atoms with Crippen LogP contribution in [0.15, 0.2) is 23.3 Å². The largest absolute Gasteiger partial charge is 0.0773 e. The first-order chi connectivity index (χ1) is 4.33. The molecule has 9 heavy (non-hydrogen) atoms. The summed E-state index contributed by atoms with van der Waals surface area (Å²) in [4.78, 5) is 0. The molecule has 1 rings (SSSR count). The highest BCUT2D eigenvalue weighted by Crippen LogP contribution is 2.19. The van der Waals surface area contributed by atoms with E-state index in [1.165, 1.54) is 30.4 Å². The average Bonchev–Trinajstić information content (AvgIpc) is 2.17. The van der Waals surface area contributed by atoms with Gasteiger partial charge in [0.15, 0.2) is 0 Å². The lowest BCUT2D eigenvalue weighted by Crippen LogP contribution is -1.71. The van der Waals surface area contributed by atoms with Crippen molar-refractivity contribution in [3.8, 4) is 0 Å². The Morgan fingerprint density at radius 2 is 2.33 bits per heavy atom. The van der Waals surface area contributed by atoms with Crippen LogP contribution in [0.25, 0.3) is 0 Å². The van der Waals surface area contributed by atoms with Crippen LogP contribution in [0, 0.1) is 0 Å². The standard InChI is InChI=1S/C9H14/c1-3-4-9-6-5-8(2)7-9/h6-7H,3-5H2,1-2H3. The van der Waals surface area contributed by atoms with E-state index in [1.54, 1.807) is 0 Å². The molecule has 0 bridgehead atoms. The van der Waals surface area contributed by atoms with Gasteiger partial charge >= 0.3 is 0 Å². The van der Waals surface area contributed by atoms with Crippen molar-refractivity contribution in [2.45, 2.75) is 33.1 Å². The van der Waals surface area contributed by atoms with Crippen LogP contribution in [0.3, 0.4) is 0 Å². The molecule has 0 fully saturated rings. The summed E-state index contributed by atoms with van der Waals surface area (Å²) in [6.07, 6.45) is 8.37. The smallest absolute Gasteiger partial charge is 0.0133 e. The SMILES string of the molecule is CCCC1=CCC(C)=C1. The van der Waals surface area contributed by atoms with Gasteiger partial charge in [0.2, 0.25) is 0 Å². The predicted octanol–water partition coefficient (Wildman–Crippen LogP) is 3.06. The topological polar surface area (TPSA) is 0 Å². The Morgan fingerprint density at radius 3 is 2.78 bits per heavy atom. The Bertz CT molecular complexity index is 149. The quantitative estimate of drug-likeness (QED) is 0.528. The van der Waals surface area contributed by atoms with Gasteiger partial charge in [-0.1, -0.05) is 36.6 Å². The fourth-order valence-corrected chi connectivity index (χ4v) is 1.19. The second kappa shape index (κ2) is 2.86. The maximum Gasteiger partial charge on any atom is -0.0133 e. The normalized spacial score (nSPS) is 17.6. The van der Waals surface area contributed by atoms with Crippen molar-refractivity contribution in [1.29, 1.82) is 0 Å². The Kier molecular flexibility index (Phi) is 2.10. The minimum Gasteiger partial charge on any atom is -0.0773 e. The molecule has 1 aliphatic carbocycles. The highest BCUT2D eigenvalue weighted by atomic mass is 14.1. The molecule has 50 valence electrons. The van der Waals surface area contributed by atoms with Gasteiger partial charge in [-0.05, 0) is 19.8 Å². The summed E-state index contributed by atoms with van der Waals surface area (Å²) in [6, 6.07) is 0. The summed E-state index contributed by atoms with van der Waals surface area (Å²) in [6.45, 7) is 4.42. The van der Waals surface area contributed by atoms with Crippen LogP contribution in [0.5, 0.6) is 0 Å². The van der Waals surface area contributed by atoms with Crippen molar-refractivity contribution in [1.82, 2.24) is 0 Å². The van der Waals surface area contributed by atoms with E-state index in [1.807, 2.05) is 0 Å². The minimum atomic E-state index is 1.19. The van der Waals surface area contributed by atoms with Crippen molar-refractivity contribution in [2.75, 3.05) is 0 Å². The second-order valence-electron chi connectivity index (χ2n) is 2.72. The van der Waals surface area contributed by atoms with E-state index in [2.05, 4.69) is 26.0 Å². The summed E-state index contributed by atoms with van der Waals surface area (Å²) in [7, 11) is 0. The fourth-order valence-electron chi connectivity index (χ4n) is 1.19. The third-order valence-electron chi connectivity index (χ3n) is 1.66. The van der Waals surface area contributed by atoms with Crippen LogP contribution < -0.4 is 0 Å². The van der Waals surface area contributed by atoms with E-state index in [0.717, 1.165) is 0 Å². The van der Waals surface area contributed by atoms with Crippen LogP contribution in [0.2, 0.25) is 0 Å². The van der Waals surface area contributed by atoms with Gasteiger partial charge in [0.05, 0.1) is 0 Å². The van der Waals surface area contributed by atoms with Crippen LogP contribution in [-0.2, 0) is 0 Å². The van der Waals surface area contributed by atoms with Crippen molar-refractivity contribution < 1.29 is 0 Å². The molecule has 0 aliphatic heterocycles. The lowest BCUT2D eigenvalue weighted by atomic mass is 10.2. The average molecular weight is 122 g/mol. The third-order valence-corrected chi connectivity index (χ3v) is 1.66. The van der Waals surface area contributed by atoms with E-state index in [4.69, 9.17) is 0 Å². The second-order valence-corrected chi connectivity index (χ2v) is 2.72. The molecule has 1 aliphatic rings. The van der Waals surface area contributed by atoms with E-state index in [9.17, 15) is 0 Å². The molecule has 0 saturated carbocycles. The van der Waals surface area contributed by atoms with Crippen LogP contribution in [-0.4, -0.2) is 0 Å². The van der Waals surface area contributed by atoms with Gasteiger partial charge in [-0.15, -0.1) is 0 Å². The summed E-state index contributed by atoms with van der Waals surface area (Å²) in [5.74, 6) is 0. The summed E-state index contributed by atoms with van der Waals surface area (Å²) < 4.78 is 0. The maximum atomic E-state index is 2.33. The Hall–Kier alpha value is -0.520. The molecule has 0 radical (unpaired) electrons. The highest BCUT2D eigenvalue weighted by Gasteiger charge is 1.99. The van der Waals surface area contributed by atoms with Gasteiger partial charge in [0.1, 0.15) is 0 Å². The molecule has 0 atom stereocenters. The molecule has 0 unspecified atom stereocenters. The van der Waals surface area contributed by atoms with Gasteiger partial charge in [-0.3, -0.25) is 0 Å². The van der Waals surface area contributed by atoms with E-state index in [-0.39, 0.29) is 0 Å². The van der Waals surface area contributed by atoms with Crippen molar-refractivity contribution in [3.05, 3.63) is 23.3 Å². The molecule has 0 aromatic heterocycles. The van der Waals surface area contributed by atoms with Gasteiger partial charge in [0, 0.05) is 0 Å². The van der Waals surface area contributed by atoms with E-state index < -0.39 is 0 Å².